The third-order valence-corrected chi connectivity index (χ3v) is 3.80. The van der Waals surface area contributed by atoms with Crippen LogP contribution in [0.1, 0.15) is 5.56 Å². The predicted octanol–water partition coefficient (Wildman–Crippen LogP) is 4.52. The Labute approximate surface area is 150 Å². The largest absolute Gasteiger partial charge is 0.488 e. The standard InChI is InChI=1S/C20H16ClNO3/c21-17-8-1-2-9-18(17)24-13-14-25-19(23)11-10-16-6-3-5-15-7-4-12-22-20(15)16/h1-12H,13-14H2/b11-10+. The molecule has 0 aliphatic rings. The van der Waals surface area contributed by atoms with Crippen LogP contribution in [0.4, 0.5) is 0 Å². The summed E-state index contributed by atoms with van der Waals surface area (Å²) in [4.78, 5) is 16.2. The topological polar surface area (TPSA) is 48.4 Å². The summed E-state index contributed by atoms with van der Waals surface area (Å²) in [7, 11) is 0. The molecule has 0 atom stereocenters. The minimum atomic E-state index is -0.435. The molecule has 25 heavy (non-hydrogen) atoms. The molecule has 0 saturated carbocycles. The number of esters is 1. The van der Waals surface area contributed by atoms with E-state index in [0.717, 1.165) is 16.5 Å². The number of halogens is 1. The van der Waals surface area contributed by atoms with Gasteiger partial charge < -0.3 is 9.47 Å². The van der Waals surface area contributed by atoms with Crippen molar-refractivity contribution < 1.29 is 14.3 Å². The summed E-state index contributed by atoms with van der Waals surface area (Å²) in [5.74, 6) is 0.133. The van der Waals surface area contributed by atoms with Crippen LogP contribution in [0.2, 0.25) is 5.02 Å². The average Bonchev–Trinajstić information content (AvgIpc) is 2.65. The van der Waals surface area contributed by atoms with E-state index >= 15 is 0 Å². The van der Waals surface area contributed by atoms with E-state index in [1.54, 1.807) is 24.4 Å². The highest BCUT2D eigenvalue weighted by molar-refractivity contribution is 6.32. The van der Waals surface area contributed by atoms with Crippen molar-refractivity contribution in [2.24, 2.45) is 0 Å². The summed E-state index contributed by atoms with van der Waals surface area (Å²) in [6.07, 6.45) is 4.82. The number of rotatable bonds is 6. The van der Waals surface area contributed by atoms with E-state index in [1.807, 2.05) is 42.5 Å². The smallest absolute Gasteiger partial charge is 0.330 e. The van der Waals surface area contributed by atoms with E-state index in [2.05, 4.69) is 4.98 Å². The summed E-state index contributed by atoms with van der Waals surface area (Å²) in [6, 6.07) is 16.8. The highest BCUT2D eigenvalue weighted by Gasteiger charge is 2.02. The van der Waals surface area contributed by atoms with Gasteiger partial charge in [-0.25, -0.2) is 4.79 Å². The highest BCUT2D eigenvalue weighted by Crippen LogP contribution is 2.22. The molecule has 2 aromatic carbocycles. The number of pyridine rings is 1. The Morgan fingerprint density at radius 1 is 1.04 bits per heavy atom. The maximum atomic E-state index is 11.8. The van der Waals surface area contributed by atoms with Crippen molar-refractivity contribution in [3.63, 3.8) is 0 Å². The Kier molecular flexibility index (Phi) is 5.65. The summed E-state index contributed by atoms with van der Waals surface area (Å²) >= 11 is 5.98. The first-order valence-electron chi connectivity index (χ1n) is 7.80. The first kappa shape index (κ1) is 17.0. The van der Waals surface area contributed by atoms with Crippen molar-refractivity contribution in [2.75, 3.05) is 13.2 Å². The first-order valence-corrected chi connectivity index (χ1v) is 8.18. The molecule has 5 heteroatoms. The summed E-state index contributed by atoms with van der Waals surface area (Å²) in [6.45, 7) is 0.376. The normalized spacial score (nSPS) is 10.9. The van der Waals surface area contributed by atoms with Crippen LogP contribution >= 0.6 is 11.6 Å². The molecule has 0 amide bonds. The molecule has 0 N–H and O–H groups in total. The Bertz CT molecular complexity index is 903. The van der Waals surface area contributed by atoms with Crippen LogP contribution in [0, 0.1) is 0 Å². The number of carbonyl (C=O) groups excluding carboxylic acids is 1. The van der Waals surface area contributed by atoms with Crippen molar-refractivity contribution in [3.8, 4) is 5.75 Å². The molecular formula is C20H16ClNO3. The molecule has 4 nitrogen and oxygen atoms in total. The van der Waals surface area contributed by atoms with Gasteiger partial charge in [0.1, 0.15) is 19.0 Å². The lowest BCUT2D eigenvalue weighted by Crippen LogP contribution is -2.10. The number of hydrogen-bond acceptors (Lipinski definition) is 4. The van der Waals surface area contributed by atoms with Gasteiger partial charge in [-0.05, 0) is 24.3 Å². The van der Waals surface area contributed by atoms with E-state index in [9.17, 15) is 4.79 Å². The van der Waals surface area contributed by atoms with E-state index in [0.29, 0.717) is 10.8 Å². The molecule has 0 radical (unpaired) electrons. The van der Waals surface area contributed by atoms with Gasteiger partial charge in [-0.15, -0.1) is 0 Å². The van der Waals surface area contributed by atoms with Crippen LogP contribution in [0.3, 0.4) is 0 Å². The molecule has 3 aromatic rings. The quantitative estimate of drug-likeness (QED) is 0.371. The molecular weight excluding hydrogens is 338 g/mol. The van der Waals surface area contributed by atoms with Gasteiger partial charge in [-0.3, -0.25) is 4.98 Å². The fourth-order valence-corrected chi connectivity index (χ4v) is 2.51. The number of fused-ring (bicyclic) bond motifs is 1. The lowest BCUT2D eigenvalue weighted by molar-refractivity contribution is -0.138. The van der Waals surface area contributed by atoms with Gasteiger partial charge in [0.05, 0.1) is 10.5 Å². The SMILES string of the molecule is O=C(/C=C/c1cccc2cccnc12)OCCOc1ccccc1Cl. The zero-order chi connectivity index (χ0) is 17.5. The second-order valence-corrected chi connectivity index (χ2v) is 5.61. The van der Waals surface area contributed by atoms with Gasteiger partial charge in [0.15, 0.2) is 0 Å². The van der Waals surface area contributed by atoms with Crippen molar-refractivity contribution >= 4 is 34.5 Å². The lowest BCUT2D eigenvalue weighted by Gasteiger charge is -2.07. The lowest BCUT2D eigenvalue weighted by atomic mass is 10.1. The number of carbonyl (C=O) groups is 1. The number of para-hydroxylation sites is 2. The summed E-state index contributed by atoms with van der Waals surface area (Å²) in [5.41, 5.74) is 1.71. The Hall–Kier alpha value is -2.85. The van der Waals surface area contributed by atoms with Gasteiger partial charge >= 0.3 is 5.97 Å². The first-order chi connectivity index (χ1) is 12.2. The molecule has 126 valence electrons. The Morgan fingerprint density at radius 3 is 2.76 bits per heavy atom. The van der Waals surface area contributed by atoms with Crippen LogP contribution in [-0.4, -0.2) is 24.2 Å². The third kappa shape index (κ3) is 4.58. The van der Waals surface area contributed by atoms with E-state index in [-0.39, 0.29) is 13.2 Å². The van der Waals surface area contributed by atoms with Crippen molar-refractivity contribution in [3.05, 3.63) is 77.5 Å². The number of hydrogen-bond donors (Lipinski definition) is 0. The van der Waals surface area contributed by atoms with E-state index in [4.69, 9.17) is 21.1 Å². The maximum absolute atomic E-state index is 11.8. The minimum absolute atomic E-state index is 0.141. The predicted molar refractivity (Wildman–Crippen MR) is 98.7 cm³/mol. The van der Waals surface area contributed by atoms with Crippen LogP contribution in [-0.2, 0) is 9.53 Å². The van der Waals surface area contributed by atoms with Crippen molar-refractivity contribution in [1.82, 2.24) is 4.98 Å². The molecule has 1 aromatic heterocycles. The van der Waals surface area contributed by atoms with Crippen LogP contribution in [0.25, 0.3) is 17.0 Å². The third-order valence-electron chi connectivity index (χ3n) is 3.48. The van der Waals surface area contributed by atoms with Crippen LogP contribution < -0.4 is 4.74 Å². The molecule has 0 saturated heterocycles. The summed E-state index contributed by atoms with van der Waals surface area (Å²) in [5, 5.41) is 1.54. The number of benzene rings is 2. The van der Waals surface area contributed by atoms with Crippen molar-refractivity contribution in [1.29, 1.82) is 0 Å². The van der Waals surface area contributed by atoms with Crippen LogP contribution in [0.5, 0.6) is 5.75 Å². The molecule has 0 spiro atoms. The molecule has 0 bridgehead atoms. The van der Waals surface area contributed by atoms with E-state index < -0.39 is 5.97 Å². The fraction of sp³-hybridized carbons (Fsp3) is 0.100. The van der Waals surface area contributed by atoms with Gasteiger partial charge in [0.25, 0.3) is 0 Å². The maximum Gasteiger partial charge on any atom is 0.330 e. The van der Waals surface area contributed by atoms with Gasteiger partial charge in [-0.2, -0.15) is 0 Å². The molecule has 1 heterocycles. The Balaban J connectivity index is 1.52. The van der Waals surface area contributed by atoms with E-state index in [1.165, 1.54) is 6.08 Å². The average molecular weight is 354 g/mol. The van der Waals surface area contributed by atoms with Gasteiger partial charge in [-0.1, -0.05) is 48.0 Å². The monoisotopic (exact) mass is 353 g/mol. The van der Waals surface area contributed by atoms with Gasteiger partial charge in [0.2, 0.25) is 0 Å². The Morgan fingerprint density at radius 2 is 1.88 bits per heavy atom. The summed E-state index contributed by atoms with van der Waals surface area (Å²) < 4.78 is 10.6. The molecule has 3 rings (SSSR count). The second-order valence-electron chi connectivity index (χ2n) is 5.20. The van der Waals surface area contributed by atoms with Gasteiger partial charge in [0, 0.05) is 23.2 Å². The zero-order valence-corrected chi connectivity index (χ0v) is 14.1. The van der Waals surface area contributed by atoms with Crippen molar-refractivity contribution in [2.45, 2.75) is 0 Å². The molecule has 0 aliphatic carbocycles. The second kappa shape index (κ2) is 8.31. The fourth-order valence-electron chi connectivity index (χ4n) is 2.32. The molecule has 0 aliphatic heterocycles. The molecule has 0 unspecified atom stereocenters. The highest BCUT2D eigenvalue weighted by atomic mass is 35.5. The minimum Gasteiger partial charge on any atom is -0.488 e. The number of ether oxygens (including phenoxy) is 2. The zero-order valence-electron chi connectivity index (χ0n) is 13.4. The van der Waals surface area contributed by atoms with Crippen LogP contribution in [0.15, 0.2) is 66.9 Å². The number of nitrogens with zero attached hydrogens (tertiary/aromatic N) is 1. The number of aromatic nitrogens is 1. The molecule has 0 fully saturated rings.